The van der Waals surface area contributed by atoms with Crippen LogP contribution < -0.4 is 0 Å². The average Bonchev–Trinajstić information content (AvgIpc) is 2.38. The van der Waals surface area contributed by atoms with Crippen molar-refractivity contribution in [2.24, 2.45) is 0 Å². The van der Waals surface area contributed by atoms with Gasteiger partial charge >= 0.3 is 0 Å². The van der Waals surface area contributed by atoms with Crippen LogP contribution in [0.1, 0.15) is 23.2 Å². The molecule has 1 fully saturated rings. The number of ketones is 1. The number of sulfone groups is 1. The number of likely N-dealkylation sites (tertiary alicyclic amines) is 1. The number of hydrogen-bond acceptors (Lipinski definition) is 4. The molecule has 0 N–H and O–H groups in total. The van der Waals surface area contributed by atoms with Gasteiger partial charge in [-0.15, -0.1) is 0 Å². The van der Waals surface area contributed by atoms with Crippen molar-refractivity contribution in [3.05, 3.63) is 29.8 Å². The third kappa shape index (κ3) is 3.20. The first kappa shape index (κ1) is 13.7. The lowest BCUT2D eigenvalue weighted by molar-refractivity contribution is -0.120. The Balaban J connectivity index is 2.14. The van der Waals surface area contributed by atoms with Gasteiger partial charge in [0.2, 0.25) is 0 Å². The van der Waals surface area contributed by atoms with E-state index in [9.17, 15) is 18.0 Å². The van der Waals surface area contributed by atoms with Crippen molar-refractivity contribution in [2.75, 3.05) is 19.3 Å². The van der Waals surface area contributed by atoms with E-state index in [-0.39, 0.29) is 16.6 Å². The normalized spacial score (nSPS) is 16.5. The number of carbonyl (C=O) groups is 2. The number of Topliss-reactive ketones (excluding diaryl/α,β-unsaturated/α-hetero) is 1. The van der Waals surface area contributed by atoms with Crippen molar-refractivity contribution >= 4 is 21.5 Å². The van der Waals surface area contributed by atoms with E-state index in [0.29, 0.717) is 31.5 Å². The van der Waals surface area contributed by atoms with E-state index in [1.54, 1.807) is 4.90 Å². The van der Waals surface area contributed by atoms with Gasteiger partial charge < -0.3 is 4.90 Å². The van der Waals surface area contributed by atoms with Gasteiger partial charge in [-0.3, -0.25) is 9.59 Å². The molecule has 1 aromatic carbocycles. The quantitative estimate of drug-likeness (QED) is 0.807. The predicted octanol–water partition coefficient (Wildman–Crippen LogP) is 0.895. The Morgan fingerprint density at radius 2 is 1.63 bits per heavy atom. The van der Waals surface area contributed by atoms with E-state index >= 15 is 0 Å². The van der Waals surface area contributed by atoms with Crippen LogP contribution in [0.2, 0.25) is 0 Å². The smallest absolute Gasteiger partial charge is 0.253 e. The van der Waals surface area contributed by atoms with Crippen LogP contribution >= 0.6 is 0 Å². The fourth-order valence-corrected chi connectivity index (χ4v) is 2.62. The zero-order valence-electron chi connectivity index (χ0n) is 10.6. The Morgan fingerprint density at radius 3 is 2.11 bits per heavy atom. The molecular weight excluding hydrogens is 266 g/mol. The van der Waals surface area contributed by atoms with E-state index in [4.69, 9.17) is 0 Å². The number of amides is 1. The second kappa shape index (κ2) is 5.13. The summed E-state index contributed by atoms with van der Waals surface area (Å²) in [6.45, 7) is 0.872. The van der Waals surface area contributed by atoms with Crippen molar-refractivity contribution in [1.29, 1.82) is 0 Å². The van der Waals surface area contributed by atoms with Crippen LogP contribution in [0, 0.1) is 0 Å². The van der Waals surface area contributed by atoms with Gasteiger partial charge in [0.1, 0.15) is 5.78 Å². The zero-order valence-corrected chi connectivity index (χ0v) is 11.4. The van der Waals surface area contributed by atoms with E-state index < -0.39 is 9.84 Å². The number of rotatable bonds is 2. The van der Waals surface area contributed by atoms with Gasteiger partial charge in [-0.2, -0.15) is 0 Å². The predicted molar refractivity (Wildman–Crippen MR) is 69.7 cm³/mol. The number of nitrogens with zero attached hydrogens (tertiary/aromatic N) is 1. The summed E-state index contributed by atoms with van der Waals surface area (Å²) < 4.78 is 22.6. The number of hydrogen-bond donors (Lipinski definition) is 0. The number of carbonyl (C=O) groups excluding carboxylic acids is 2. The van der Waals surface area contributed by atoms with Crippen LogP contribution in [0.5, 0.6) is 0 Å². The Labute approximate surface area is 112 Å². The molecule has 1 aromatic rings. The lowest BCUT2D eigenvalue weighted by Crippen LogP contribution is -2.38. The highest BCUT2D eigenvalue weighted by molar-refractivity contribution is 7.90. The first-order valence-corrected chi connectivity index (χ1v) is 7.88. The maximum atomic E-state index is 12.1. The van der Waals surface area contributed by atoms with Gasteiger partial charge in [-0.05, 0) is 24.3 Å². The highest BCUT2D eigenvalue weighted by atomic mass is 32.2. The highest BCUT2D eigenvalue weighted by Crippen LogP contribution is 2.14. The van der Waals surface area contributed by atoms with Gasteiger partial charge in [0.15, 0.2) is 9.84 Å². The first-order valence-electron chi connectivity index (χ1n) is 5.99. The summed E-state index contributed by atoms with van der Waals surface area (Å²) in [7, 11) is -3.25. The van der Waals surface area contributed by atoms with Crippen LogP contribution in [-0.2, 0) is 14.6 Å². The van der Waals surface area contributed by atoms with Gasteiger partial charge in [-0.1, -0.05) is 0 Å². The van der Waals surface area contributed by atoms with Gasteiger partial charge in [-0.25, -0.2) is 8.42 Å². The summed E-state index contributed by atoms with van der Waals surface area (Å²) in [4.78, 5) is 25.1. The molecule has 2 rings (SSSR count). The van der Waals surface area contributed by atoms with Gasteiger partial charge in [0.25, 0.3) is 5.91 Å². The minimum atomic E-state index is -3.25. The average molecular weight is 281 g/mol. The van der Waals surface area contributed by atoms with Crippen molar-refractivity contribution < 1.29 is 18.0 Å². The topological polar surface area (TPSA) is 71.5 Å². The molecule has 0 atom stereocenters. The molecule has 1 amide bonds. The second-order valence-corrected chi connectivity index (χ2v) is 6.64. The SMILES string of the molecule is CS(=O)(=O)c1ccc(C(=O)N2CCC(=O)CC2)cc1. The third-order valence-corrected chi connectivity index (χ3v) is 4.27. The summed E-state index contributed by atoms with van der Waals surface area (Å²) in [5, 5.41) is 0. The fourth-order valence-electron chi connectivity index (χ4n) is 1.99. The molecule has 0 saturated carbocycles. The van der Waals surface area contributed by atoms with Crippen LogP contribution in [0.15, 0.2) is 29.2 Å². The number of piperidine rings is 1. The molecule has 1 aliphatic heterocycles. The molecule has 0 unspecified atom stereocenters. The fraction of sp³-hybridized carbons (Fsp3) is 0.385. The Hall–Kier alpha value is -1.69. The molecule has 102 valence electrons. The molecule has 1 aliphatic rings. The molecule has 19 heavy (non-hydrogen) atoms. The molecular formula is C13H15NO4S. The van der Waals surface area contributed by atoms with Gasteiger partial charge in [0, 0.05) is 37.8 Å². The van der Waals surface area contributed by atoms with E-state index in [1.807, 2.05) is 0 Å². The van der Waals surface area contributed by atoms with E-state index in [2.05, 4.69) is 0 Å². The Kier molecular flexibility index (Phi) is 3.71. The van der Waals surface area contributed by atoms with Crippen molar-refractivity contribution in [1.82, 2.24) is 4.90 Å². The van der Waals surface area contributed by atoms with Crippen molar-refractivity contribution in [3.8, 4) is 0 Å². The van der Waals surface area contributed by atoms with Crippen molar-refractivity contribution in [2.45, 2.75) is 17.7 Å². The Morgan fingerprint density at radius 1 is 1.11 bits per heavy atom. The van der Waals surface area contributed by atoms with E-state index in [1.165, 1.54) is 24.3 Å². The molecule has 0 spiro atoms. The molecule has 1 saturated heterocycles. The summed E-state index contributed by atoms with van der Waals surface area (Å²) in [5.74, 6) is 0.0176. The Bertz CT molecular complexity index is 594. The molecule has 1 heterocycles. The van der Waals surface area contributed by atoms with Crippen LogP contribution in [-0.4, -0.2) is 44.4 Å². The van der Waals surface area contributed by atoms with Crippen LogP contribution in [0.3, 0.4) is 0 Å². The van der Waals surface area contributed by atoms with E-state index in [0.717, 1.165) is 6.26 Å². The molecule has 0 aliphatic carbocycles. The van der Waals surface area contributed by atoms with Crippen LogP contribution in [0.25, 0.3) is 0 Å². The van der Waals surface area contributed by atoms with Crippen molar-refractivity contribution in [3.63, 3.8) is 0 Å². The standard InChI is InChI=1S/C13H15NO4S/c1-19(17,18)12-4-2-10(3-5-12)13(16)14-8-6-11(15)7-9-14/h2-5H,6-9H2,1H3. The minimum Gasteiger partial charge on any atom is -0.338 e. The molecule has 5 nitrogen and oxygen atoms in total. The second-order valence-electron chi connectivity index (χ2n) is 4.63. The highest BCUT2D eigenvalue weighted by Gasteiger charge is 2.22. The third-order valence-electron chi connectivity index (χ3n) is 3.14. The first-order chi connectivity index (χ1) is 8.88. The largest absolute Gasteiger partial charge is 0.338 e. The maximum absolute atomic E-state index is 12.1. The summed E-state index contributed by atoms with van der Waals surface area (Å²) in [6.07, 6.45) is 1.92. The monoisotopic (exact) mass is 281 g/mol. The maximum Gasteiger partial charge on any atom is 0.253 e. The molecule has 0 radical (unpaired) electrons. The summed E-state index contributed by atoms with van der Waals surface area (Å²) >= 11 is 0. The number of benzene rings is 1. The molecule has 0 aromatic heterocycles. The van der Waals surface area contributed by atoms with Crippen LogP contribution in [0.4, 0.5) is 0 Å². The summed E-state index contributed by atoms with van der Waals surface area (Å²) in [6, 6.07) is 5.87. The minimum absolute atomic E-state index is 0.160. The lowest BCUT2D eigenvalue weighted by atomic mass is 10.1. The molecule has 6 heteroatoms. The lowest BCUT2D eigenvalue weighted by Gasteiger charge is -2.26. The van der Waals surface area contributed by atoms with Gasteiger partial charge in [0.05, 0.1) is 4.90 Å². The zero-order chi connectivity index (χ0) is 14.0. The summed E-state index contributed by atoms with van der Waals surface area (Å²) in [5.41, 5.74) is 0.446. The molecule has 0 bridgehead atoms.